The summed E-state index contributed by atoms with van der Waals surface area (Å²) in [6, 6.07) is 17.1. The maximum atomic E-state index is 13.2. The molecule has 4 heterocycles. The van der Waals surface area contributed by atoms with E-state index >= 15 is 0 Å². The molecule has 17 nitrogen and oxygen atoms in total. The Balaban J connectivity index is 1.25. The van der Waals surface area contributed by atoms with E-state index in [0.29, 0.717) is 105 Å². The molecule has 0 saturated carbocycles. The highest BCUT2D eigenvalue weighted by molar-refractivity contribution is 7.86. The van der Waals surface area contributed by atoms with Crippen LogP contribution in [0.3, 0.4) is 0 Å². The van der Waals surface area contributed by atoms with Crippen molar-refractivity contribution >= 4 is 66.8 Å². The van der Waals surface area contributed by atoms with Gasteiger partial charge in [0, 0.05) is 86.1 Å². The Morgan fingerprint density at radius 3 is 2.19 bits per heavy atom. The van der Waals surface area contributed by atoms with Crippen LogP contribution in [0.25, 0.3) is 0 Å². The number of fused-ring (bicyclic) bond motifs is 6. The van der Waals surface area contributed by atoms with E-state index in [2.05, 4.69) is 61.0 Å². The molecule has 0 spiro atoms. The second-order valence-corrected chi connectivity index (χ2v) is 24.7. The number of imide groups is 1. The molecule has 1 aliphatic carbocycles. The summed E-state index contributed by atoms with van der Waals surface area (Å²) in [7, 11) is -8.98. The number of nitrogens with one attached hydrogen (secondary N) is 1. The topological polar surface area (TPSA) is 234 Å². The zero-order valence-corrected chi connectivity index (χ0v) is 46.6. The standard InChI is InChI=1S/C59H70N4O13S2/c1-40-19-27-49-47(38-40)58(2,3)51-29-22-41-14-11-15-42(56(41)75-45-24-20-43(21-25-45)57(68)76-63-54(66)31-32-55(63)67)23-30-52-59(4,48-39-46(78(72,73)74)26-28-50(48)62(52)36-13-37-77(69,70)71)33-9-5-7-16-44(64)17-12-34-60-53(65)18-8-6-10-35-61(49)51/h19-30,38-39H,5-18,31-37H2,1-4H3,(H2-,60,65,69,70,71,72,73,74)/p+1. The van der Waals surface area contributed by atoms with Gasteiger partial charge in [0.1, 0.15) is 23.8 Å². The summed E-state index contributed by atoms with van der Waals surface area (Å²) in [4.78, 5) is 70.3. The van der Waals surface area contributed by atoms with Crippen LogP contribution in [0, 0.1) is 6.92 Å². The molecule has 78 heavy (non-hydrogen) atoms. The van der Waals surface area contributed by atoms with Gasteiger partial charge in [-0.3, -0.25) is 28.3 Å². The highest BCUT2D eigenvalue weighted by Gasteiger charge is 2.46. The lowest BCUT2D eigenvalue weighted by atomic mass is 9.77. The molecular weight excluding hydrogens is 1040 g/mol. The average Bonchev–Trinajstić information content (AvgIpc) is 4.17. The molecule has 3 aromatic rings. The summed E-state index contributed by atoms with van der Waals surface area (Å²) in [6.45, 7) is 9.77. The number of ketones is 1. The largest absolute Gasteiger partial charge is 0.457 e. The normalized spacial score (nSPS) is 21.9. The van der Waals surface area contributed by atoms with Gasteiger partial charge in [0.05, 0.1) is 21.6 Å². The third kappa shape index (κ3) is 13.5. The molecule has 3 N–H and O–H groups in total. The Labute approximate surface area is 457 Å². The molecule has 1 fully saturated rings. The molecule has 416 valence electrons. The molecule has 2 bridgehead atoms. The monoisotopic (exact) mass is 1110 g/mol. The van der Waals surface area contributed by atoms with E-state index in [1.54, 1.807) is 18.2 Å². The van der Waals surface area contributed by atoms with Crippen LogP contribution in [0.2, 0.25) is 0 Å². The number of hydrogen-bond donors (Lipinski definition) is 3. The number of hydrogen-bond acceptors (Lipinski definition) is 12. The lowest BCUT2D eigenvalue weighted by molar-refractivity contribution is -0.438. The van der Waals surface area contributed by atoms with Crippen LogP contribution in [-0.4, -0.2) is 96.2 Å². The highest BCUT2D eigenvalue weighted by atomic mass is 32.2. The van der Waals surface area contributed by atoms with Crippen molar-refractivity contribution in [3.05, 3.63) is 130 Å². The predicted molar refractivity (Wildman–Crippen MR) is 295 cm³/mol. The Morgan fingerprint density at radius 2 is 1.46 bits per heavy atom. The number of aryl methyl sites for hydroxylation is 1. The van der Waals surface area contributed by atoms with Gasteiger partial charge in [0.15, 0.2) is 5.71 Å². The molecule has 4 aliphatic heterocycles. The zero-order valence-electron chi connectivity index (χ0n) is 45.0. The third-order valence-corrected chi connectivity index (χ3v) is 17.2. The van der Waals surface area contributed by atoms with Crippen LogP contribution in [0.15, 0.2) is 112 Å². The summed E-state index contributed by atoms with van der Waals surface area (Å²) in [5.74, 6) is -1.60. The van der Waals surface area contributed by atoms with Gasteiger partial charge in [0.2, 0.25) is 11.6 Å². The molecular formula is C59H71N4O13S2+. The number of anilines is 1. The molecule has 0 aromatic heterocycles. The van der Waals surface area contributed by atoms with Gasteiger partial charge in [-0.2, -0.15) is 21.4 Å². The molecule has 5 aliphatic rings. The molecule has 3 aromatic carbocycles. The van der Waals surface area contributed by atoms with E-state index in [0.717, 1.165) is 59.5 Å². The van der Waals surface area contributed by atoms with E-state index in [-0.39, 0.29) is 48.0 Å². The fraction of sp³-hybridized carbons (Fsp3) is 0.458. The molecule has 1 unspecified atom stereocenters. The summed E-state index contributed by atoms with van der Waals surface area (Å²) in [5.41, 5.74) is 6.94. The van der Waals surface area contributed by atoms with Crippen molar-refractivity contribution in [3.8, 4) is 5.75 Å². The second-order valence-electron chi connectivity index (χ2n) is 21.7. The molecule has 8 rings (SSSR count). The summed E-state index contributed by atoms with van der Waals surface area (Å²) in [5, 5.41) is 3.48. The Morgan fingerprint density at radius 1 is 0.744 bits per heavy atom. The minimum atomic E-state index is -4.64. The number of carbonyl (C=O) groups excluding carboxylic acids is 5. The van der Waals surface area contributed by atoms with Gasteiger partial charge in [-0.15, -0.1) is 5.06 Å². The van der Waals surface area contributed by atoms with Gasteiger partial charge in [-0.05, 0) is 163 Å². The molecule has 1 saturated heterocycles. The first-order chi connectivity index (χ1) is 37.0. The van der Waals surface area contributed by atoms with Gasteiger partial charge < -0.3 is 19.8 Å². The van der Waals surface area contributed by atoms with Gasteiger partial charge >= 0.3 is 5.97 Å². The van der Waals surface area contributed by atoms with E-state index in [9.17, 15) is 49.9 Å². The lowest BCUT2D eigenvalue weighted by Crippen LogP contribution is -2.32. The lowest BCUT2D eigenvalue weighted by Gasteiger charge is -2.31. The van der Waals surface area contributed by atoms with Crippen LogP contribution in [0.1, 0.15) is 157 Å². The van der Waals surface area contributed by atoms with Crippen molar-refractivity contribution in [1.29, 1.82) is 0 Å². The van der Waals surface area contributed by atoms with E-state index < -0.39 is 54.6 Å². The minimum Gasteiger partial charge on any atom is -0.457 e. The maximum Gasteiger partial charge on any atom is 0.363 e. The van der Waals surface area contributed by atoms with Gasteiger partial charge in [-0.1, -0.05) is 30.5 Å². The Kier molecular flexibility index (Phi) is 17.9. The summed E-state index contributed by atoms with van der Waals surface area (Å²) < 4.78 is 78.8. The van der Waals surface area contributed by atoms with Crippen molar-refractivity contribution < 1.29 is 64.1 Å². The first kappa shape index (κ1) is 57.6. The van der Waals surface area contributed by atoms with Gasteiger partial charge in [-0.25, -0.2) is 4.79 Å². The second kappa shape index (κ2) is 24.2. The predicted octanol–water partition coefficient (Wildman–Crippen LogP) is 9.77. The number of ether oxygens (including phenoxy) is 1. The van der Waals surface area contributed by atoms with E-state index in [1.165, 1.54) is 29.8 Å². The van der Waals surface area contributed by atoms with Crippen LogP contribution in [-0.2, 0) is 55.1 Å². The smallest absolute Gasteiger partial charge is 0.363 e. The first-order valence-corrected chi connectivity index (χ1v) is 30.2. The molecule has 19 heteroatoms. The minimum absolute atomic E-state index is 0.0289. The van der Waals surface area contributed by atoms with E-state index in [1.807, 2.05) is 24.0 Å². The maximum absolute atomic E-state index is 13.2. The summed E-state index contributed by atoms with van der Waals surface area (Å²) >= 11 is 0. The Hall–Kier alpha value is -6.54. The number of allylic oxidation sites excluding steroid dienone is 7. The van der Waals surface area contributed by atoms with Crippen molar-refractivity contribution in [2.24, 2.45) is 0 Å². The third-order valence-electron chi connectivity index (χ3n) is 15.6. The van der Waals surface area contributed by atoms with Crippen LogP contribution < -0.4 is 15.0 Å². The van der Waals surface area contributed by atoms with Crippen LogP contribution in [0.4, 0.5) is 11.4 Å². The van der Waals surface area contributed by atoms with Crippen LogP contribution in [0.5, 0.6) is 5.75 Å². The number of amides is 3. The summed E-state index contributed by atoms with van der Waals surface area (Å²) in [6.07, 6.45) is 16.5. The van der Waals surface area contributed by atoms with Crippen LogP contribution >= 0.6 is 0 Å². The van der Waals surface area contributed by atoms with Crippen molar-refractivity contribution in [3.63, 3.8) is 0 Å². The molecule has 0 radical (unpaired) electrons. The highest BCUT2D eigenvalue weighted by Crippen LogP contribution is 2.52. The molecule has 3 amide bonds. The number of hydroxylamine groups is 2. The number of Topliss-reactive ketones (excluding diaryl/α,β-unsaturated/α-hetero) is 1. The van der Waals surface area contributed by atoms with Crippen molar-refractivity contribution in [2.45, 2.75) is 153 Å². The fourth-order valence-corrected chi connectivity index (χ4v) is 12.3. The number of rotatable bonds is 9. The SMILES string of the molecule is Cc1ccc2c(c1)C(C)(C)C1=[N+]2CCCCCC(=O)NCCCC(=O)CCCCCC2(C)/C(=C/C=C3CCCC(=C3Oc3ccc(C(=O)ON4C(=O)CCC4=O)cc3)C=C1)N(CCCS(=O)(=O)O)c1ccc(S(=O)(=O)O)cc12. The first-order valence-electron chi connectivity index (χ1n) is 27.1. The average molecular weight is 1110 g/mol. The number of benzene rings is 3. The number of carbonyl (C=O) groups is 5. The van der Waals surface area contributed by atoms with Crippen molar-refractivity contribution in [1.82, 2.24) is 10.4 Å². The zero-order chi connectivity index (χ0) is 56.0. The van der Waals surface area contributed by atoms with Crippen molar-refractivity contribution in [2.75, 3.05) is 30.3 Å². The molecule has 1 atom stereocenters. The fourth-order valence-electron chi connectivity index (χ4n) is 11.3. The van der Waals surface area contributed by atoms with E-state index in [4.69, 9.17) is 9.57 Å². The Bertz CT molecular complexity index is 3250. The number of nitrogens with zero attached hydrogens (tertiary/aromatic N) is 3. The van der Waals surface area contributed by atoms with Gasteiger partial charge in [0.25, 0.3) is 32.1 Å². The quantitative estimate of drug-likeness (QED) is 0.103.